The number of hydroxylamine groups is 1. The molecule has 0 aliphatic carbocycles. The van der Waals surface area contributed by atoms with Crippen molar-refractivity contribution < 1.29 is 19.9 Å². The second kappa shape index (κ2) is 12.2. The Morgan fingerprint density at radius 2 is 1.64 bits per heavy atom. The number of amides is 2. The molecule has 8 heteroatoms. The van der Waals surface area contributed by atoms with Crippen LogP contribution in [0.4, 0.5) is 0 Å². The fraction of sp³-hybridized carbons (Fsp3) is 0.357. The van der Waals surface area contributed by atoms with Gasteiger partial charge in [-0.2, -0.15) is 0 Å². The molecule has 2 aromatic carbocycles. The van der Waals surface area contributed by atoms with Gasteiger partial charge in [0.25, 0.3) is 11.8 Å². The lowest BCUT2D eigenvalue weighted by atomic mass is 9.95. The zero-order valence-electron chi connectivity index (χ0n) is 20.6. The number of benzene rings is 2. The summed E-state index contributed by atoms with van der Waals surface area (Å²) in [6.45, 7) is 6.33. The molecular formula is C28H32N4O4. The van der Waals surface area contributed by atoms with Crippen LogP contribution in [0.1, 0.15) is 60.2 Å². The first-order valence-electron chi connectivity index (χ1n) is 11.9. The largest absolute Gasteiger partial charge is 0.507 e. The SMILES string of the molecule is CC(C)(N)[C@H](NC(=O)c1ccc(C#CC#Cc2ccc(CN3CCCCC3)cc2)cc1O)C(=O)NO. The molecule has 1 heterocycles. The lowest BCUT2D eigenvalue weighted by molar-refractivity contribution is -0.132. The van der Waals surface area contributed by atoms with Crippen molar-refractivity contribution in [2.45, 2.75) is 51.2 Å². The van der Waals surface area contributed by atoms with Gasteiger partial charge in [0.1, 0.15) is 11.8 Å². The number of phenolic OH excluding ortho intramolecular Hbond substituents is 1. The molecule has 0 aromatic heterocycles. The van der Waals surface area contributed by atoms with Gasteiger partial charge in [-0.3, -0.25) is 19.7 Å². The molecule has 1 aliphatic heterocycles. The second-order valence-corrected chi connectivity index (χ2v) is 9.47. The fourth-order valence-corrected chi connectivity index (χ4v) is 3.94. The maximum atomic E-state index is 12.6. The third-order valence-electron chi connectivity index (χ3n) is 5.92. The zero-order chi connectivity index (χ0) is 26.1. The average molecular weight is 489 g/mol. The average Bonchev–Trinajstić information content (AvgIpc) is 2.85. The predicted molar refractivity (Wildman–Crippen MR) is 137 cm³/mol. The molecule has 0 bridgehead atoms. The Morgan fingerprint density at radius 1 is 1.03 bits per heavy atom. The van der Waals surface area contributed by atoms with Crippen molar-refractivity contribution in [3.63, 3.8) is 0 Å². The van der Waals surface area contributed by atoms with E-state index in [4.69, 9.17) is 10.9 Å². The first-order chi connectivity index (χ1) is 17.2. The summed E-state index contributed by atoms with van der Waals surface area (Å²) >= 11 is 0. The zero-order valence-corrected chi connectivity index (χ0v) is 20.6. The molecule has 6 N–H and O–H groups in total. The molecule has 1 fully saturated rings. The highest BCUT2D eigenvalue weighted by molar-refractivity contribution is 6.00. The van der Waals surface area contributed by atoms with E-state index in [0.717, 1.165) is 25.2 Å². The Kier molecular flexibility index (Phi) is 9.10. The number of aromatic hydroxyl groups is 1. The topological polar surface area (TPSA) is 128 Å². The summed E-state index contributed by atoms with van der Waals surface area (Å²) in [6.07, 6.45) is 3.86. The minimum Gasteiger partial charge on any atom is -0.507 e. The molecule has 188 valence electrons. The summed E-state index contributed by atoms with van der Waals surface area (Å²) in [7, 11) is 0. The van der Waals surface area contributed by atoms with Crippen LogP contribution in [-0.2, 0) is 11.3 Å². The van der Waals surface area contributed by atoms with Crippen LogP contribution in [0, 0.1) is 23.7 Å². The van der Waals surface area contributed by atoms with Gasteiger partial charge in [0, 0.05) is 23.2 Å². The molecule has 1 saturated heterocycles. The van der Waals surface area contributed by atoms with Crippen LogP contribution < -0.4 is 16.5 Å². The van der Waals surface area contributed by atoms with E-state index in [-0.39, 0.29) is 11.3 Å². The Morgan fingerprint density at radius 3 is 2.22 bits per heavy atom. The quantitative estimate of drug-likeness (QED) is 0.241. The van der Waals surface area contributed by atoms with Gasteiger partial charge in [0.15, 0.2) is 0 Å². The summed E-state index contributed by atoms with van der Waals surface area (Å²) in [4.78, 5) is 26.9. The van der Waals surface area contributed by atoms with Crippen molar-refractivity contribution in [1.29, 1.82) is 0 Å². The number of hydrogen-bond donors (Lipinski definition) is 5. The van der Waals surface area contributed by atoms with Gasteiger partial charge in [-0.15, -0.1) is 0 Å². The van der Waals surface area contributed by atoms with Gasteiger partial charge in [-0.1, -0.05) is 30.4 Å². The highest BCUT2D eigenvalue weighted by Crippen LogP contribution is 2.19. The molecule has 8 nitrogen and oxygen atoms in total. The van der Waals surface area contributed by atoms with E-state index in [0.29, 0.717) is 5.56 Å². The highest BCUT2D eigenvalue weighted by atomic mass is 16.5. The number of carbonyl (C=O) groups excluding carboxylic acids is 2. The number of piperidine rings is 1. The Labute approximate surface area is 211 Å². The van der Waals surface area contributed by atoms with E-state index < -0.39 is 23.4 Å². The summed E-state index contributed by atoms with van der Waals surface area (Å²) in [5.74, 6) is 9.51. The number of nitrogens with one attached hydrogen (secondary N) is 2. The van der Waals surface area contributed by atoms with E-state index in [2.05, 4.69) is 46.0 Å². The standard InChI is InChI=1S/C28H32N4O4/c1-28(2,29)25(27(35)31-36)30-26(34)23-15-14-21(18-24(23)33)9-5-4-8-20-10-12-22(13-11-20)19-32-16-6-3-7-17-32/h10-15,18,25,33,36H,3,6-7,16-17,19,29H2,1-2H3,(H,30,34)(H,31,35)/t25-/m1/s1. The van der Waals surface area contributed by atoms with E-state index >= 15 is 0 Å². The summed E-state index contributed by atoms with van der Waals surface area (Å²) in [6, 6.07) is 11.2. The normalized spacial score (nSPS) is 14.4. The number of phenols is 1. The molecule has 2 amide bonds. The summed E-state index contributed by atoms with van der Waals surface area (Å²) in [5.41, 5.74) is 8.79. The predicted octanol–water partition coefficient (Wildman–Crippen LogP) is 2.12. The highest BCUT2D eigenvalue weighted by Gasteiger charge is 2.34. The Balaban J connectivity index is 1.62. The van der Waals surface area contributed by atoms with Crippen LogP contribution in [0.15, 0.2) is 42.5 Å². The van der Waals surface area contributed by atoms with E-state index in [9.17, 15) is 14.7 Å². The van der Waals surface area contributed by atoms with Gasteiger partial charge in [0.05, 0.1) is 5.56 Å². The molecular weight excluding hydrogens is 456 g/mol. The first-order valence-corrected chi connectivity index (χ1v) is 11.9. The van der Waals surface area contributed by atoms with Crippen LogP contribution in [-0.4, -0.2) is 51.7 Å². The van der Waals surface area contributed by atoms with E-state index in [1.165, 1.54) is 56.3 Å². The number of likely N-dealkylation sites (tertiary alicyclic amines) is 1. The molecule has 1 aliphatic rings. The number of carbonyl (C=O) groups is 2. The maximum absolute atomic E-state index is 12.6. The maximum Gasteiger partial charge on any atom is 0.267 e. The van der Waals surface area contributed by atoms with Crippen molar-refractivity contribution >= 4 is 11.8 Å². The lowest BCUT2D eigenvalue weighted by Gasteiger charge is -2.29. The molecule has 2 aromatic rings. The smallest absolute Gasteiger partial charge is 0.267 e. The van der Waals surface area contributed by atoms with Gasteiger partial charge in [-0.25, -0.2) is 5.48 Å². The number of hydrogen-bond acceptors (Lipinski definition) is 6. The van der Waals surface area contributed by atoms with Gasteiger partial charge < -0.3 is 16.2 Å². The molecule has 0 spiro atoms. The molecule has 1 atom stereocenters. The van der Waals surface area contributed by atoms with Crippen molar-refractivity contribution in [3.05, 3.63) is 64.7 Å². The molecule has 0 unspecified atom stereocenters. The monoisotopic (exact) mass is 488 g/mol. The van der Waals surface area contributed by atoms with Crippen molar-refractivity contribution in [2.24, 2.45) is 5.73 Å². The van der Waals surface area contributed by atoms with E-state index in [1.807, 2.05) is 12.1 Å². The third kappa shape index (κ3) is 7.59. The number of nitrogens with zero attached hydrogens (tertiary/aromatic N) is 1. The fourth-order valence-electron chi connectivity index (χ4n) is 3.94. The van der Waals surface area contributed by atoms with Gasteiger partial charge >= 0.3 is 0 Å². The van der Waals surface area contributed by atoms with Crippen molar-refractivity contribution in [1.82, 2.24) is 15.7 Å². The summed E-state index contributed by atoms with van der Waals surface area (Å²) in [5, 5.41) is 21.6. The second-order valence-electron chi connectivity index (χ2n) is 9.47. The number of nitrogens with two attached hydrogens (primary N) is 1. The van der Waals surface area contributed by atoms with E-state index in [1.54, 1.807) is 6.07 Å². The van der Waals surface area contributed by atoms with Crippen LogP contribution in [0.2, 0.25) is 0 Å². The van der Waals surface area contributed by atoms with Crippen LogP contribution in [0.5, 0.6) is 5.75 Å². The van der Waals surface area contributed by atoms with Gasteiger partial charge in [0.2, 0.25) is 0 Å². The van der Waals surface area contributed by atoms with Crippen molar-refractivity contribution in [2.75, 3.05) is 13.1 Å². The molecule has 3 rings (SSSR count). The molecule has 0 saturated carbocycles. The minimum atomic E-state index is -1.22. The van der Waals surface area contributed by atoms with Crippen LogP contribution in [0.3, 0.4) is 0 Å². The first kappa shape index (κ1) is 26.8. The van der Waals surface area contributed by atoms with Crippen LogP contribution >= 0.6 is 0 Å². The minimum absolute atomic E-state index is 0.0590. The molecule has 36 heavy (non-hydrogen) atoms. The van der Waals surface area contributed by atoms with Gasteiger partial charge in [-0.05, 0) is 87.5 Å². The Hall–Kier alpha value is -3.82. The number of rotatable bonds is 6. The van der Waals surface area contributed by atoms with Crippen molar-refractivity contribution in [3.8, 4) is 29.4 Å². The molecule has 0 radical (unpaired) electrons. The van der Waals surface area contributed by atoms with Crippen LogP contribution in [0.25, 0.3) is 0 Å². The lowest BCUT2D eigenvalue weighted by Crippen LogP contribution is -2.61. The third-order valence-corrected chi connectivity index (χ3v) is 5.92. The Bertz CT molecular complexity index is 1200. The summed E-state index contributed by atoms with van der Waals surface area (Å²) < 4.78 is 0.